The molecular formula is C16H18FNO. The quantitative estimate of drug-likeness (QED) is 0.897. The van der Waals surface area contributed by atoms with Crippen LogP contribution in [0.4, 0.5) is 4.39 Å². The molecule has 0 saturated heterocycles. The zero-order valence-electron chi connectivity index (χ0n) is 11.5. The maximum atomic E-state index is 13.3. The second kappa shape index (κ2) is 5.85. The van der Waals surface area contributed by atoms with Crippen molar-refractivity contribution in [1.82, 2.24) is 5.32 Å². The molecule has 0 fully saturated rings. The number of nitrogens with one attached hydrogen (secondary N) is 1. The Labute approximate surface area is 113 Å². The minimum Gasteiger partial charge on any atom is -0.457 e. The van der Waals surface area contributed by atoms with E-state index in [9.17, 15) is 4.39 Å². The Hall–Kier alpha value is -1.87. The van der Waals surface area contributed by atoms with Gasteiger partial charge in [-0.05, 0) is 38.6 Å². The molecule has 19 heavy (non-hydrogen) atoms. The van der Waals surface area contributed by atoms with Gasteiger partial charge in [-0.15, -0.1) is 0 Å². The largest absolute Gasteiger partial charge is 0.457 e. The molecular weight excluding hydrogens is 241 g/mol. The molecule has 0 unspecified atom stereocenters. The van der Waals surface area contributed by atoms with Gasteiger partial charge < -0.3 is 10.1 Å². The van der Waals surface area contributed by atoms with Crippen LogP contribution in [0.25, 0.3) is 0 Å². The number of rotatable bonds is 4. The molecule has 2 rings (SSSR count). The van der Waals surface area contributed by atoms with Gasteiger partial charge in [0.15, 0.2) is 0 Å². The van der Waals surface area contributed by atoms with Gasteiger partial charge in [0, 0.05) is 18.2 Å². The lowest BCUT2D eigenvalue weighted by Crippen LogP contribution is -2.06. The SMILES string of the molecule is CNCc1cc(C)ccc1Oc1cc(F)ccc1C. The average Bonchev–Trinajstić information content (AvgIpc) is 2.37. The van der Waals surface area contributed by atoms with E-state index in [-0.39, 0.29) is 5.82 Å². The van der Waals surface area contributed by atoms with Crippen LogP contribution in [0.5, 0.6) is 11.5 Å². The van der Waals surface area contributed by atoms with Gasteiger partial charge in [0.1, 0.15) is 17.3 Å². The fraction of sp³-hybridized carbons (Fsp3) is 0.250. The second-order valence-corrected chi connectivity index (χ2v) is 4.65. The molecule has 0 atom stereocenters. The number of ether oxygens (including phenoxy) is 1. The van der Waals surface area contributed by atoms with Gasteiger partial charge in [-0.1, -0.05) is 23.8 Å². The summed E-state index contributed by atoms with van der Waals surface area (Å²) in [5.41, 5.74) is 3.15. The molecule has 0 heterocycles. The molecule has 2 nitrogen and oxygen atoms in total. The third-order valence-electron chi connectivity index (χ3n) is 2.95. The number of hydrogen-bond donors (Lipinski definition) is 1. The van der Waals surface area contributed by atoms with Crippen molar-refractivity contribution in [1.29, 1.82) is 0 Å². The van der Waals surface area contributed by atoms with Crippen molar-refractivity contribution < 1.29 is 9.13 Å². The van der Waals surface area contributed by atoms with Crippen molar-refractivity contribution in [2.24, 2.45) is 0 Å². The van der Waals surface area contributed by atoms with Crippen LogP contribution in [0, 0.1) is 19.7 Å². The lowest BCUT2D eigenvalue weighted by molar-refractivity contribution is 0.465. The predicted molar refractivity (Wildman–Crippen MR) is 75.2 cm³/mol. The van der Waals surface area contributed by atoms with Crippen molar-refractivity contribution in [2.45, 2.75) is 20.4 Å². The Kier molecular flexibility index (Phi) is 4.17. The van der Waals surface area contributed by atoms with Crippen LogP contribution >= 0.6 is 0 Å². The van der Waals surface area contributed by atoms with Gasteiger partial charge in [-0.25, -0.2) is 4.39 Å². The van der Waals surface area contributed by atoms with Gasteiger partial charge in [-0.2, -0.15) is 0 Å². The van der Waals surface area contributed by atoms with Crippen LogP contribution in [0.2, 0.25) is 0 Å². The lowest BCUT2D eigenvalue weighted by atomic mass is 10.1. The first kappa shape index (κ1) is 13.6. The summed E-state index contributed by atoms with van der Waals surface area (Å²) in [6.45, 7) is 4.66. The number of aryl methyl sites for hydroxylation is 2. The minimum absolute atomic E-state index is 0.289. The maximum Gasteiger partial charge on any atom is 0.133 e. The lowest BCUT2D eigenvalue weighted by Gasteiger charge is -2.13. The van der Waals surface area contributed by atoms with E-state index in [2.05, 4.69) is 11.4 Å². The van der Waals surface area contributed by atoms with Crippen LogP contribution in [-0.4, -0.2) is 7.05 Å². The van der Waals surface area contributed by atoms with Crippen LogP contribution in [0.3, 0.4) is 0 Å². The first-order chi connectivity index (χ1) is 9.10. The first-order valence-corrected chi connectivity index (χ1v) is 6.28. The average molecular weight is 259 g/mol. The first-order valence-electron chi connectivity index (χ1n) is 6.28. The van der Waals surface area contributed by atoms with Crippen molar-refractivity contribution in [3.8, 4) is 11.5 Å². The fourth-order valence-electron chi connectivity index (χ4n) is 1.94. The standard InChI is InChI=1S/C16H18FNO/c1-11-4-7-15(13(8-11)10-18-3)19-16-9-14(17)6-5-12(16)2/h4-9,18H,10H2,1-3H3. The molecule has 2 aromatic carbocycles. The third-order valence-corrected chi connectivity index (χ3v) is 2.95. The number of halogens is 1. The van der Waals surface area contributed by atoms with E-state index in [1.165, 1.54) is 17.7 Å². The highest BCUT2D eigenvalue weighted by molar-refractivity contribution is 5.42. The van der Waals surface area contributed by atoms with Gasteiger partial charge in [-0.3, -0.25) is 0 Å². The molecule has 2 aromatic rings. The summed E-state index contributed by atoms with van der Waals surface area (Å²) >= 11 is 0. The molecule has 0 saturated carbocycles. The number of hydrogen-bond acceptors (Lipinski definition) is 2. The highest BCUT2D eigenvalue weighted by Crippen LogP contribution is 2.29. The van der Waals surface area contributed by atoms with Gasteiger partial charge >= 0.3 is 0 Å². The summed E-state index contributed by atoms with van der Waals surface area (Å²) in [5, 5.41) is 3.11. The molecule has 0 aromatic heterocycles. The van der Waals surface area contributed by atoms with Crippen molar-refractivity contribution in [2.75, 3.05) is 7.05 Å². The minimum atomic E-state index is -0.289. The molecule has 0 aliphatic heterocycles. The Balaban J connectivity index is 2.34. The summed E-state index contributed by atoms with van der Waals surface area (Å²) in [6.07, 6.45) is 0. The summed E-state index contributed by atoms with van der Waals surface area (Å²) < 4.78 is 19.1. The Morgan fingerprint density at radius 2 is 1.84 bits per heavy atom. The smallest absolute Gasteiger partial charge is 0.133 e. The van der Waals surface area contributed by atoms with Crippen LogP contribution in [0.15, 0.2) is 36.4 Å². The molecule has 0 bridgehead atoms. The highest BCUT2D eigenvalue weighted by Gasteiger charge is 2.07. The molecule has 0 aliphatic rings. The third kappa shape index (κ3) is 3.32. The molecule has 0 spiro atoms. The van der Waals surface area contributed by atoms with E-state index in [0.29, 0.717) is 12.3 Å². The van der Waals surface area contributed by atoms with E-state index in [1.54, 1.807) is 6.07 Å². The molecule has 3 heteroatoms. The Morgan fingerprint density at radius 3 is 2.58 bits per heavy atom. The summed E-state index contributed by atoms with van der Waals surface area (Å²) in [6, 6.07) is 10.6. The van der Waals surface area contributed by atoms with E-state index >= 15 is 0 Å². The molecule has 0 amide bonds. The Bertz CT molecular complexity index is 581. The maximum absolute atomic E-state index is 13.3. The topological polar surface area (TPSA) is 21.3 Å². The normalized spacial score (nSPS) is 10.5. The zero-order chi connectivity index (χ0) is 13.8. The summed E-state index contributed by atoms with van der Waals surface area (Å²) in [7, 11) is 1.89. The highest BCUT2D eigenvalue weighted by atomic mass is 19.1. The van der Waals surface area contributed by atoms with E-state index in [1.807, 2.05) is 33.0 Å². The predicted octanol–water partition coefficient (Wildman–Crippen LogP) is 3.95. The van der Waals surface area contributed by atoms with Crippen LogP contribution in [0.1, 0.15) is 16.7 Å². The van der Waals surface area contributed by atoms with Gasteiger partial charge in [0.2, 0.25) is 0 Å². The van der Waals surface area contributed by atoms with Crippen molar-refractivity contribution in [3.63, 3.8) is 0 Å². The second-order valence-electron chi connectivity index (χ2n) is 4.65. The van der Waals surface area contributed by atoms with Crippen molar-refractivity contribution in [3.05, 3.63) is 58.9 Å². The van der Waals surface area contributed by atoms with E-state index in [4.69, 9.17) is 4.74 Å². The zero-order valence-corrected chi connectivity index (χ0v) is 11.5. The monoisotopic (exact) mass is 259 g/mol. The Morgan fingerprint density at radius 1 is 1.05 bits per heavy atom. The molecule has 0 radical (unpaired) electrons. The molecule has 100 valence electrons. The van der Waals surface area contributed by atoms with Crippen LogP contribution in [-0.2, 0) is 6.54 Å². The van der Waals surface area contributed by atoms with Gasteiger partial charge in [0.05, 0.1) is 0 Å². The summed E-state index contributed by atoms with van der Waals surface area (Å²) in [5.74, 6) is 1.03. The molecule has 1 N–H and O–H groups in total. The fourth-order valence-corrected chi connectivity index (χ4v) is 1.94. The molecule has 0 aliphatic carbocycles. The van der Waals surface area contributed by atoms with Crippen LogP contribution < -0.4 is 10.1 Å². The van der Waals surface area contributed by atoms with Crippen molar-refractivity contribution >= 4 is 0 Å². The van der Waals surface area contributed by atoms with E-state index in [0.717, 1.165) is 16.9 Å². The number of benzene rings is 2. The summed E-state index contributed by atoms with van der Waals surface area (Å²) in [4.78, 5) is 0. The van der Waals surface area contributed by atoms with E-state index < -0.39 is 0 Å². The van der Waals surface area contributed by atoms with Gasteiger partial charge in [0.25, 0.3) is 0 Å².